The lowest BCUT2D eigenvalue weighted by molar-refractivity contribution is -0.137. The second-order valence-electron chi connectivity index (χ2n) is 3.23. The molecule has 0 fully saturated rings. The second kappa shape index (κ2) is 7.09. The number of rotatable bonds is 5. The summed E-state index contributed by atoms with van der Waals surface area (Å²) < 4.78 is 0.367. The van der Waals surface area contributed by atoms with Gasteiger partial charge in [0.25, 0.3) is 0 Å². The van der Waals surface area contributed by atoms with Crippen LogP contribution in [-0.4, -0.2) is 25.6 Å². The number of carboxylic acid groups (broad SMARTS) is 1. The molecular formula is C9H13NO2S3. The average molecular weight is 263 g/mol. The van der Waals surface area contributed by atoms with Crippen LogP contribution in [0, 0.1) is 11.3 Å². The number of carboxylic acids is 1. The van der Waals surface area contributed by atoms with Crippen LogP contribution in [0.25, 0.3) is 0 Å². The van der Waals surface area contributed by atoms with Crippen LogP contribution in [0.4, 0.5) is 0 Å². The fourth-order valence-corrected chi connectivity index (χ4v) is 3.24. The van der Waals surface area contributed by atoms with Crippen LogP contribution in [-0.2, 0) is 4.79 Å². The van der Waals surface area contributed by atoms with E-state index in [1.807, 2.05) is 13.2 Å². The third-order valence-corrected chi connectivity index (χ3v) is 4.66. The molecule has 0 aromatic rings. The van der Waals surface area contributed by atoms with Crippen LogP contribution in [0.1, 0.15) is 26.2 Å². The summed E-state index contributed by atoms with van der Waals surface area (Å²) in [7, 11) is 0. The summed E-state index contributed by atoms with van der Waals surface area (Å²) in [6.45, 7) is 1.88. The van der Waals surface area contributed by atoms with Crippen LogP contribution in [0.15, 0.2) is 0 Å². The molecule has 0 saturated heterocycles. The fraction of sp³-hybridized carbons (Fsp3) is 0.667. The molecular weight excluding hydrogens is 250 g/mol. The maximum absolute atomic E-state index is 10.5. The van der Waals surface area contributed by atoms with Gasteiger partial charge in [0.2, 0.25) is 0 Å². The van der Waals surface area contributed by atoms with Crippen LogP contribution in [0.3, 0.4) is 0 Å². The van der Waals surface area contributed by atoms with Gasteiger partial charge in [0.15, 0.2) is 0 Å². The molecule has 0 aliphatic heterocycles. The van der Waals surface area contributed by atoms with Crippen molar-refractivity contribution in [3.63, 3.8) is 0 Å². The molecule has 1 atom stereocenters. The highest BCUT2D eigenvalue weighted by Crippen LogP contribution is 2.36. The number of aliphatic carboxylic acids is 1. The summed E-state index contributed by atoms with van der Waals surface area (Å²) in [5.74, 6) is -0.838. The highest BCUT2D eigenvalue weighted by molar-refractivity contribution is 8.47. The molecule has 0 aromatic heterocycles. The Morgan fingerprint density at radius 2 is 2.27 bits per heavy atom. The van der Waals surface area contributed by atoms with Gasteiger partial charge in [0.1, 0.15) is 3.53 Å². The smallest absolute Gasteiger partial charge is 0.303 e. The first kappa shape index (κ1) is 14.8. The number of nitriles is 1. The molecule has 1 unspecified atom stereocenters. The lowest BCUT2D eigenvalue weighted by atomic mass is 10.0. The summed E-state index contributed by atoms with van der Waals surface area (Å²) in [5.41, 5.74) is 0. The van der Waals surface area contributed by atoms with Gasteiger partial charge < -0.3 is 5.11 Å². The van der Waals surface area contributed by atoms with Crippen molar-refractivity contribution in [2.75, 3.05) is 6.26 Å². The molecule has 0 rings (SSSR count). The lowest BCUT2D eigenvalue weighted by Crippen LogP contribution is -2.22. The summed E-state index contributed by atoms with van der Waals surface area (Å²) >= 11 is 7.94. The zero-order valence-corrected chi connectivity index (χ0v) is 11.1. The number of carbonyl (C=O) groups is 1. The zero-order chi connectivity index (χ0) is 11.9. The van der Waals surface area contributed by atoms with E-state index in [1.165, 1.54) is 23.5 Å². The molecule has 0 bridgehead atoms. The Bertz CT molecular complexity index is 288. The fourth-order valence-electron chi connectivity index (χ4n) is 0.957. The van der Waals surface area contributed by atoms with Gasteiger partial charge in [-0.25, -0.2) is 0 Å². The van der Waals surface area contributed by atoms with Crippen LogP contribution >= 0.6 is 35.7 Å². The molecule has 84 valence electrons. The normalized spacial score (nSPS) is 13.9. The van der Waals surface area contributed by atoms with Gasteiger partial charge in [0, 0.05) is 17.6 Å². The SMILES string of the molecule is CSC(=S)SC(C)(CC#N)CCC(=O)O. The quantitative estimate of drug-likeness (QED) is 0.770. The monoisotopic (exact) mass is 263 g/mol. The minimum Gasteiger partial charge on any atom is -0.481 e. The highest BCUT2D eigenvalue weighted by Gasteiger charge is 2.27. The van der Waals surface area contributed by atoms with E-state index in [9.17, 15) is 4.79 Å². The Kier molecular flexibility index (Phi) is 6.98. The number of thioether (sulfide) groups is 2. The minimum atomic E-state index is -0.838. The van der Waals surface area contributed by atoms with E-state index in [1.54, 1.807) is 0 Å². The van der Waals surface area contributed by atoms with E-state index in [4.69, 9.17) is 22.6 Å². The number of hydrogen-bond donors (Lipinski definition) is 1. The van der Waals surface area contributed by atoms with Crippen LogP contribution < -0.4 is 0 Å². The molecule has 0 amide bonds. The van der Waals surface area contributed by atoms with E-state index in [2.05, 4.69) is 6.07 Å². The van der Waals surface area contributed by atoms with Crippen molar-refractivity contribution < 1.29 is 9.90 Å². The first-order valence-corrected chi connectivity index (χ1v) is 6.74. The third kappa shape index (κ3) is 6.77. The predicted molar refractivity (Wildman–Crippen MR) is 69.2 cm³/mol. The molecule has 0 saturated carbocycles. The number of nitrogens with zero attached hydrogens (tertiary/aromatic N) is 1. The molecule has 0 spiro atoms. The lowest BCUT2D eigenvalue weighted by Gasteiger charge is -2.25. The predicted octanol–water partition coefficient (Wildman–Crippen LogP) is 2.90. The maximum atomic E-state index is 10.5. The molecule has 0 aromatic carbocycles. The first-order valence-electron chi connectivity index (χ1n) is 4.29. The molecule has 1 N–H and O–H groups in total. The van der Waals surface area contributed by atoms with Crippen LogP contribution in [0.5, 0.6) is 0 Å². The van der Waals surface area contributed by atoms with E-state index in [0.717, 1.165) is 3.53 Å². The Labute approximate surface area is 104 Å². The van der Waals surface area contributed by atoms with Crippen molar-refractivity contribution in [1.29, 1.82) is 5.26 Å². The summed E-state index contributed by atoms with van der Waals surface area (Å²) in [6.07, 6.45) is 2.72. The molecule has 0 radical (unpaired) electrons. The van der Waals surface area contributed by atoms with Gasteiger partial charge >= 0.3 is 5.97 Å². The molecule has 0 aliphatic rings. The van der Waals surface area contributed by atoms with Crippen molar-refractivity contribution >= 4 is 45.2 Å². The van der Waals surface area contributed by atoms with Crippen molar-refractivity contribution in [3.05, 3.63) is 0 Å². The average Bonchev–Trinajstić information content (AvgIpc) is 2.15. The topological polar surface area (TPSA) is 61.1 Å². The minimum absolute atomic E-state index is 0.0716. The van der Waals surface area contributed by atoms with Gasteiger partial charge in [-0.1, -0.05) is 12.2 Å². The molecule has 0 heterocycles. The maximum Gasteiger partial charge on any atom is 0.303 e. The Hall–Kier alpha value is -0.250. The van der Waals surface area contributed by atoms with Gasteiger partial charge in [0.05, 0.1) is 6.07 Å². The third-order valence-electron chi connectivity index (χ3n) is 1.82. The van der Waals surface area contributed by atoms with E-state index >= 15 is 0 Å². The number of hydrogen-bond acceptors (Lipinski definition) is 5. The molecule has 6 heteroatoms. The largest absolute Gasteiger partial charge is 0.481 e. The summed E-state index contributed by atoms with van der Waals surface area (Å²) in [5, 5.41) is 17.3. The second-order valence-corrected chi connectivity index (χ2v) is 6.83. The Morgan fingerprint density at radius 3 is 2.67 bits per heavy atom. The van der Waals surface area contributed by atoms with Gasteiger partial charge in [-0.3, -0.25) is 4.79 Å². The Morgan fingerprint density at radius 1 is 1.67 bits per heavy atom. The number of thiocarbonyl (C=S) groups is 1. The Balaban J connectivity index is 4.38. The van der Waals surface area contributed by atoms with Crippen molar-refractivity contribution in [2.24, 2.45) is 0 Å². The van der Waals surface area contributed by atoms with Gasteiger partial charge in [-0.15, -0.1) is 23.5 Å². The molecule has 3 nitrogen and oxygen atoms in total. The molecule has 0 aliphatic carbocycles. The van der Waals surface area contributed by atoms with Crippen molar-refractivity contribution in [3.8, 4) is 6.07 Å². The van der Waals surface area contributed by atoms with E-state index < -0.39 is 5.97 Å². The van der Waals surface area contributed by atoms with E-state index in [0.29, 0.717) is 12.8 Å². The summed E-state index contributed by atoms with van der Waals surface area (Å²) in [6, 6.07) is 2.08. The standard InChI is InChI=1S/C9H13NO2S3/c1-9(5-6-10,4-3-7(11)12)15-8(13)14-2/h3-5H2,1-2H3,(H,11,12). The van der Waals surface area contributed by atoms with Crippen molar-refractivity contribution in [1.82, 2.24) is 0 Å². The zero-order valence-electron chi connectivity index (χ0n) is 8.65. The van der Waals surface area contributed by atoms with Crippen molar-refractivity contribution in [2.45, 2.75) is 30.9 Å². The first-order chi connectivity index (χ1) is 6.93. The van der Waals surface area contributed by atoms with Gasteiger partial charge in [-0.05, 0) is 19.6 Å². The van der Waals surface area contributed by atoms with Gasteiger partial charge in [-0.2, -0.15) is 5.26 Å². The highest BCUT2D eigenvalue weighted by atomic mass is 32.2. The van der Waals surface area contributed by atoms with Crippen LogP contribution in [0.2, 0.25) is 0 Å². The summed E-state index contributed by atoms with van der Waals surface area (Å²) in [4.78, 5) is 10.5. The van der Waals surface area contributed by atoms with E-state index in [-0.39, 0.29) is 11.2 Å². The molecule has 15 heavy (non-hydrogen) atoms.